The molecule has 1 fully saturated rings. The van der Waals surface area contributed by atoms with E-state index in [0.29, 0.717) is 12.0 Å². The Bertz CT molecular complexity index is 660. The summed E-state index contributed by atoms with van der Waals surface area (Å²) in [5, 5.41) is 10.1. The number of ether oxygens (including phenoxy) is 1. The van der Waals surface area contributed by atoms with Gasteiger partial charge in [0.25, 0.3) is 5.91 Å². The van der Waals surface area contributed by atoms with Crippen molar-refractivity contribution in [2.75, 3.05) is 6.61 Å². The van der Waals surface area contributed by atoms with Gasteiger partial charge in [0, 0.05) is 6.42 Å². The number of terminal acetylenes is 1. The number of nitrogens with zero attached hydrogens (tertiary/aromatic N) is 1. The summed E-state index contributed by atoms with van der Waals surface area (Å²) >= 11 is 0. The molecule has 1 saturated heterocycles. The van der Waals surface area contributed by atoms with E-state index in [-0.39, 0.29) is 18.9 Å². The summed E-state index contributed by atoms with van der Waals surface area (Å²) in [6, 6.07) is 0. The summed E-state index contributed by atoms with van der Waals surface area (Å²) < 4.78 is 11.3. The van der Waals surface area contributed by atoms with Crippen molar-refractivity contribution in [2.45, 2.75) is 31.2 Å². The Balaban J connectivity index is 2.09. The van der Waals surface area contributed by atoms with Gasteiger partial charge in [-0.2, -0.15) is 4.99 Å². The van der Waals surface area contributed by atoms with Crippen molar-refractivity contribution >= 4 is 37.1 Å². The predicted octanol–water partition coefficient (Wildman–Crippen LogP) is 0.965. The third kappa shape index (κ3) is 5.08. The lowest BCUT2D eigenvalue weighted by Gasteiger charge is -2.21. The van der Waals surface area contributed by atoms with E-state index in [0.717, 1.165) is 0 Å². The van der Waals surface area contributed by atoms with Crippen LogP contribution in [0.25, 0.3) is 0 Å². The van der Waals surface area contributed by atoms with Crippen molar-refractivity contribution in [1.82, 2.24) is 0 Å². The maximum Gasteiger partial charge on any atom is 0.257 e. The lowest BCUT2D eigenvalue weighted by Crippen LogP contribution is -2.33. The fraction of sp³-hybridized carbons (Fsp3) is 0.467. The Morgan fingerprint density at radius 3 is 3.00 bits per heavy atom. The summed E-state index contributed by atoms with van der Waals surface area (Å²) in [5.74, 6) is 7.07. The number of aliphatic hydroxyl groups is 1. The van der Waals surface area contributed by atoms with Crippen molar-refractivity contribution in [2.24, 2.45) is 16.6 Å². The minimum absolute atomic E-state index is 0.0795. The number of dihydropyridines is 1. The SMILES string of the molecule is C#CCC#CC1=CC([C@H]2C[C@@H](O)[C@@H](COP(P)P)O2)C(=O)N=C1N. The van der Waals surface area contributed by atoms with Gasteiger partial charge >= 0.3 is 0 Å². The summed E-state index contributed by atoms with van der Waals surface area (Å²) in [6.45, 7) is 0.265. The zero-order valence-corrected chi connectivity index (χ0v) is 16.1. The number of carbonyl (C=O) groups is 1. The molecular weight excluding hydrogens is 365 g/mol. The number of rotatable bonds is 4. The zero-order valence-electron chi connectivity index (χ0n) is 12.9. The monoisotopic (exact) mass is 384 g/mol. The molecule has 0 aromatic rings. The Kier molecular flexibility index (Phi) is 7.34. The van der Waals surface area contributed by atoms with Gasteiger partial charge in [-0.1, -0.05) is 35.6 Å². The summed E-state index contributed by atoms with van der Waals surface area (Å²) in [7, 11) is 4.37. The van der Waals surface area contributed by atoms with Crippen LogP contribution in [-0.2, 0) is 14.1 Å². The smallest absolute Gasteiger partial charge is 0.257 e. The number of carbonyl (C=O) groups excluding carboxylic acids is 1. The molecular formula is C15H19N2O4P3. The van der Waals surface area contributed by atoms with Crippen molar-refractivity contribution in [3.63, 3.8) is 0 Å². The third-order valence-electron chi connectivity index (χ3n) is 3.59. The maximum absolute atomic E-state index is 12.2. The van der Waals surface area contributed by atoms with Crippen molar-refractivity contribution in [3.05, 3.63) is 11.6 Å². The van der Waals surface area contributed by atoms with Crippen LogP contribution in [-0.4, -0.2) is 41.8 Å². The average molecular weight is 384 g/mol. The Hall–Kier alpha value is -0.830. The molecule has 0 radical (unpaired) electrons. The van der Waals surface area contributed by atoms with Crippen LogP contribution < -0.4 is 5.73 Å². The first-order chi connectivity index (χ1) is 11.4. The highest BCUT2D eigenvalue weighted by molar-refractivity contribution is 8.41. The summed E-state index contributed by atoms with van der Waals surface area (Å²) in [4.78, 5) is 16.0. The molecule has 2 aliphatic heterocycles. The Morgan fingerprint density at radius 1 is 1.58 bits per heavy atom. The lowest BCUT2D eigenvalue weighted by atomic mass is 9.93. The van der Waals surface area contributed by atoms with Crippen LogP contribution in [0.1, 0.15) is 12.8 Å². The molecule has 2 rings (SSSR count). The van der Waals surface area contributed by atoms with E-state index in [1.54, 1.807) is 6.08 Å². The molecule has 2 aliphatic rings. The van der Waals surface area contributed by atoms with E-state index in [2.05, 4.69) is 40.6 Å². The fourth-order valence-corrected chi connectivity index (χ4v) is 3.29. The van der Waals surface area contributed by atoms with E-state index in [9.17, 15) is 9.90 Å². The predicted molar refractivity (Wildman–Crippen MR) is 101 cm³/mol. The fourth-order valence-electron chi connectivity index (χ4n) is 2.45. The molecule has 0 aliphatic carbocycles. The molecule has 2 heterocycles. The molecule has 0 saturated carbocycles. The first kappa shape index (κ1) is 19.5. The molecule has 3 N–H and O–H groups in total. The average Bonchev–Trinajstić information content (AvgIpc) is 2.88. The van der Waals surface area contributed by atoms with E-state index in [4.69, 9.17) is 21.4 Å². The highest BCUT2D eigenvalue weighted by Gasteiger charge is 2.41. The van der Waals surface area contributed by atoms with Crippen LogP contribution in [0.5, 0.6) is 0 Å². The normalized spacial score (nSPS) is 29.5. The highest BCUT2D eigenvalue weighted by atomic mass is 32.4. The zero-order chi connectivity index (χ0) is 17.7. The third-order valence-corrected chi connectivity index (χ3v) is 4.93. The Labute approximate surface area is 147 Å². The van der Waals surface area contributed by atoms with Gasteiger partial charge in [-0.25, -0.2) is 0 Å². The minimum Gasteiger partial charge on any atom is -0.390 e. The van der Waals surface area contributed by atoms with Crippen LogP contribution in [0.15, 0.2) is 16.6 Å². The number of hydrogen-bond donors (Lipinski definition) is 2. The lowest BCUT2D eigenvalue weighted by molar-refractivity contribution is -0.124. The van der Waals surface area contributed by atoms with E-state index >= 15 is 0 Å². The number of aliphatic imine (C=N–C) groups is 1. The van der Waals surface area contributed by atoms with Crippen LogP contribution in [0.4, 0.5) is 0 Å². The molecule has 0 spiro atoms. The second-order valence-corrected chi connectivity index (χ2v) is 11.1. The molecule has 6 nitrogen and oxygen atoms in total. The number of aliphatic hydroxyl groups excluding tert-OH is 1. The summed E-state index contributed by atoms with van der Waals surface area (Å²) in [6.07, 6.45) is 5.77. The number of nitrogens with two attached hydrogens (primary N) is 1. The van der Waals surface area contributed by atoms with Gasteiger partial charge in [0.1, 0.15) is 11.9 Å². The van der Waals surface area contributed by atoms with Gasteiger partial charge in [-0.05, 0) is 6.08 Å². The van der Waals surface area contributed by atoms with E-state index in [1.165, 1.54) is 0 Å². The standard InChI is InChI=1S/C15H19N2O4P3/c1-2-3-4-5-9-6-10(15(19)17-14(9)16)12-7-11(18)13(21-12)8-20-24(22)23/h1,6,10-13,18H,3,7-8,22-23H2,(H2,16,17,19)/t10?,11-,12-,13-/m1/s1. The molecule has 6 atom stereocenters. The van der Waals surface area contributed by atoms with Gasteiger partial charge in [-0.3, -0.25) is 4.79 Å². The van der Waals surface area contributed by atoms with Gasteiger partial charge in [0.15, 0.2) is 0 Å². The number of amidine groups is 1. The van der Waals surface area contributed by atoms with Gasteiger partial charge < -0.3 is 20.1 Å². The highest BCUT2D eigenvalue weighted by Crippen LogP contribution is 2.53. The van der Waals surface area contributed by atoms with Gasteiger partial charge in [0.05, 0.1) is 44.3 Å². The minimum atomic E-state index is -0.705. The van der Waals surface area contributed by atoms with Crippen LogP contribution in [0.2, 0.25) is 0 Å². The molecule has 1 amide bonds. The van der Waals surface area contributed by atoms with Gasteiger partial charge in [-0.15, -0.1) is 6.42 Å². The maximum atomic E-state index is 12.2. The van der Waals surface area contributed by atoms with Gasteiger partial charge in [0.2, 0.25) is 0 Å². The first-order valence-corrected chi connectivity index (χ1v) is 11.7. The number of hydrogen-bond acceptors (Lipinski definition) is 5. The molecule has 128 valence electrons. The number of amides is 1. The second kappa shape index (κ2) is 9.03. The van der Waals surface area contributed by atoms with E-state index in [1.807, 2.05) is 0 Å². The second-order valence-electron chi connectivity index (χ2n) is 5.30. The molecule has 0 aromatic carbocycles. The molecule has 9 heteroatoms. The molecule has 0 aromatic heterocycles. The van der Waals surface area contributed by atoms with Crippen molar-refractivity contribution < 1.29 is 19.2 Å². The topological polar surface area (TPSA) is 94.1 Å². The Morgan fingerprint density at radius 2 is 2.33 bits per heavy atom. The molecule has 24 heavy (non-hydrogen) atoms. The summed E-state index contributed by atoms with van der Waals surface area (Å²) in [5.41, 5.74) is 6.21. The largest absolute Gasteiger partial charge is 0.390 e. The van der Waals surface area contributed by atoms with Crippen LogP contribution in [0, 0.1) is 30.1 Å². The van der Waals surface area contributed by atoms with Crippen LogP contribution in [0.3, 0.4) is 0 Å². The quantitative estimate of drug-likeness (QED) is 0.557. The van der Waals surface area contributed by atoms with Crippen LogP contribution >= 0.6 is 25.4 Å². The first-order valence-electron chi connectivity index (χ1n) is 7.21. The molecule has 3 unspecified atom stereocenters. The van der Waals surface area contributed by atoms with Crippen molar-refractivity contribution in [3.8, 4) is 24.2 Å². The van der Waals surface area contributed by atoms with Crippen molar-refractivity contribution in [1.29, 1.82) is 0 Å². The van der Waals surface area contributed by atoms with E-state index < -0.39 is 37.7 Å². The molecule has 0 bridgehead atoms.